The van der Waals surface area contributed by atoms with E-state index in [1.165, 1.54) is 50.9 Å². The van der Waals surface area contributed by atoms with Crippen LogP contribution in [-0.4, -0.2) is 29.6 Å². The van der Waals surface area contributed by atoms with Gasteiger partial charge in [0.15, 0.2) is 0 Å². The van der Waals surface area contributed by atoms with Gasteiger partial charge in [-0.2, -0.15) is 0 Å². The number of piperidine rings is 1. The second-order valence-corrected chi connectivity index (χ2v) is 6.63. The number of rotatable bonds is 5. The van der Waals surface area contributed by atoms with E-state index in [1.807, 2.05) is 12.1 Å². The summed E-state index contributed by atoms with van der Waals surface area (Å²) in [7, 11) is 0. The Bertz CT molecular complexity index is 431. The fourth-order valence-electron chi connectivity index (χ4n) is 3.40. The second-order valence-electron chi connectivity index (χ2n) is 6.63. The van der Waals surface area contributed by atoms with Crippen LogP contribution in [0.3, 0.4) is 0 Å². The minimum atomic E-state index is 0.194. The summed E-state index contributed by atoms with van der Waals surface area (Å²) in [5.41, 5.74) is 1.48. The lowest BCUT2D eigenvalue weighted by atomic mass is 9.68. The minimum Gasteiger partial charge on any atom is -0.508 e. The van der Waals surface area contributed by atoms with Crippen molar-refractivity contribution in [3.05, 3.63) is 29.8 Å². The first-order chi connectivity index (χ1) is 9.56. The number of hydrogen-bond acceptors (Lipinski definition) is 2. The highest BCUT2D eigenvalue weighted by atomic mass is 16.3. The van der Waals surface area contributed by atoms with Crippen LogP contribution >= 0.6 is 0 Å². The lowest BCUT2D eigenvalue weighted by Gasteiger charge is -2.45. The van der Waals surface area contributed by atoms with E-state index in [2.05, 4.69) is 31.7 Å². The van der Waals surface area contributed by atoms with Gasteiger partial charge in [0.25, 0.3) is 0 Å². The molecular weight excluding hydrogens is 246 g/mol. The molecule has 2 nitrogen and oxygen atoms in total. The predicted molar refractivity (Wildman–Crippen MR) is 85.2 cm³/mol. The third-order valence-corrected chi connectivity index (χ3v) is 5.15. The SMILES string of the molecule is CCCCCN1CC[C@](C)(c2cccc(O)c2)[C@@H](C)C1. The van der Waals surface area contributed by atoms with E-state index >= 15 is 0 Å². The molecule has 1 N–H and O–H groups in total. The first-order valence-electron chi connectivity index (χ1n) is 8.08. The number of likely N-dealkylation sites (tertiary alicyclic amines) is 1. The molecule has 2 atom stereocenters. The molecule has 1 saturated heterocycles. The number of hydrogen-bond donors (Lipinski definition) is 1. The summed E-state index contributed by atoms with van der Waals surface area (Å²) in [4.78, 5) is 2.62. The Morgan fingerprint density at radius 3 is 2.80 bits per heavy atom. The van der Waals surface area contributed by atoms with Crippen LogP contribution < -0.4 is 0 Å². The smallest absolute Gasteiger partial charge is 0.115 e. The third kappa shape index (κ3) is 3.35. The first kappa shape index (κ1) is 15.4. The molecule has 0 spiro atoms. The number of phenols is 1. The minimum absolute atomic E-state index is 0.194. The summed E-state index contributed by atoms with van der Waals surface area (Å²) < 4.78 is 0. The van der Waals surface area contributed by atoms with Crippen molar-refractivity contribution in [2.24, 2.45) is 5.92 Å². The molecule has 1 heterocycles. The van der Waals surface area contributed by atoms with Gasteiger partial charge in [-0.1, -0.05) is 45.7 Å². The van der Waals surface area contributed by atoms with Crippen molar-refractivity contribution in [2.45, 2.75) is 51.9 Å². The molecule has 2 heteroatoms. The largest absolute Gasteiger partial charge is 0.508 e. The Labute approximate surface area is 123 Å². The van der Waals surface area contributed by atoms with Crippen LogP contribution in [0.1, 0.15) is 52.0 Å². The first-order valence-corrected chi connectivity index (χ1v) is 8.08. The maximum atomic E-state index is 9.73. The highest BCUT2D eigenvalue weighted by Gasteiger charge is 2.37. The van der Waals surface area contributed by atoms with Gasteiger partial charge in [-0.05, 0) is 55.0 Å². The number of aromatic hydroxyl groups is 1. The van der Waals surface area contributed by atoms with Gasteiger partial charge in [0, 0.05) is 6.54 Å². The second kappa shape index (κ2) is 6.62. The molecule has 0 bridgehead atoms. The standard InChI is InChI=1S/C18H29NO/c1-4-5-6-11-19-12-10-18(3,15(2)14-19)16-8-7-9-17(20)13-16/h7-9,13,15,20H,4-6,10-12,14H2,1-3H3/t15-,18-/m0/s1. The van der Waals surface area contributed by atoms with Crippen LogP contribution in [0, 0.1) is 5.92 Å². The van der Waals surface area contributed by atoms with Crippen molar-refractivity contribution in [1.29, 1.82) is 0 Å². The molecule has 20 heavy (non-hydrogen) atoms. The number of unbranched alkanes of at least 4 members (excludes halogenated alkanes) is 2. The normalized spacial score (nSPS) is 27.6. The lowest BCUT2D eigenvalue weighted by molar-refractivity contribution is 0.109. The van der Waals surface area contributed by atoms with Gasteiger partial charge >= 0.3 is 0 Å². The molecule has 1 aromatic carbocycles. The molecule has 0 amide bonds. The van der Waals surface area contributed by atoms with Gasteiger partial charge in [0.1, 0.15) is 5.75 Å². The van der Waals surface area contributed by atoms with Crippen LogP contribution in [-0.2, 0) is 5.41 Å². The van der Waals surface area contributed by atoms with Gasteiger partial charge in [-0.15, -0.1) is 0 Å². The lowest BCUT2D eigenvalue weighted by Crippen LogP contribution is -2.47. The summed E-state index contributed by atoms with van der Waals surface area (Å²) in [5, 5.41) is 9.73. The van der Waals surface area contributed by atoms with Gasteiger partial charge in [-0.3, -0.25) is 0 Å². The zero-order valence-electron chi connectivity index (χ0n) is 13.2. The van der Waals surface area contributed by atoms with E-state index in [4.69, 9.17) is 0 Å². The van der Waals surface area contributed by atoms with Crippen LogP contribution in [0.15, 0.2) is 24.3 Å². The van der Waals surface area contributed by atoms with Gasteiger partial charge in [0.2, 0.25) is 0 Å². The Morgan fingerprint density at radius 2 is 2.15 bits per heavy atom. The van der Waals surface area contributed by atoms with Gasteiger partial charge in [0.05, 0.1) is 0 Å². The van der Waals surface area contributed by atoms with Crippen LogP contribution in [0.5, 0.6) is 5.75 Å². The van der Waals surface area contributed by atoms with Gasteiger partial charge < -0.3 is 10.0 Å². The summed E-state index contributed by atoms with van der Waals surface area (Å²) in [6, 6.07) is 7.85. The third-order valence-electron chi connectivity index (χ3n) is 5.15. The monoisotopic (exact) mass is 275 g/mol. The molecule has 0 aliphatic carbocycles. The summed E-state index contributed by atoms with van der Waals surface area (Å²) in [6.07, 6.45) is 5.15. The molecular formula is C18H29NO. The zero-order valence-corrected chi connectivity index (χ0v) is 13.2. The van der Waals surface area contributed by atoms with Crippen molar-refractivity contribution in [3.8, 4) is 5.75 Å². The number of phenolic OH excluding ortho intramolecular Hbond substituents is 1. The Morgan fingerprint density at radius 1 is 1.35 bits per heavy atom. The Hall–Kier alpha value is -1.02. The van der Waals surface area contributed by atoms with Crippen molar-refractivity contribution in [1.82, 2.24) is 4.90 Å². The van der Waals surface area contributed by atoms with E-state index in [0.29, 0.717) is 11.7 Å². The van der Waals surface area contributed by atoms with Crippen LogP contribution in [0.4, 0.5) is 0 Å². The van der Waals surface area contributed by atoms with Crippen molar-refractivity contribution in [3.63, 3.8) is 0 Å². The fraction of sp³-hybridized carbons (Fsp3) is 0.667. The molecule has 1 aromatic rings. The van der Waals surface area contributed by atoms with Crippen molar-refractivity contribution >= 4 is 0 Å². The maximum Gasteiger partial charge on any atom is 0.115 e. The molecule has 112 valence electrons. The summed E-state index contributed by atoms with van der Waals surface area (Å²) in [5.74, 6) is 1.01. The molecule has 0 radical (unpaired) electrons. The average molecular weight is 275 g/mol. The predicted octanol–water partition coefficient (Wildman–Crippen LogP) is 4.18. The molecule has 1 fully saturated rings. The van der Waals surface area contributed by atoms with Crippen molar-refractivity contribution in [2.75, 3.05) is 19.6 Å². The van der Waals surface area contributed by atoms with E-state index in [0.717, 1.165) is 0 Å². The van der Waals surface area contributed by atoms with E-state index in [1.54, 1.807) is 6.07 Å². The van der Waals surface area contributed by atoms with E-state index in [-0.39, 0.29) is 5.41 Å². The number of nitrogens with zero attached hydrogens (tertiary/aromatic N) is 1. The Balaban J connectivity index is 2.01. The molecule has 1 aliphatic heterocycles. The maximum absolute atomic E-state index is 9.73. The molecule has 0 unspecified atom stereocenters. The van der Waals surface area contributed by atoms with Gasteiger partial charge in [-0.25, -0.2) is 0 Å². The average Bonchev–Trinajstić information content (AvgIpc) is 2.43. The Kier molecular flexibility index (Phi) is 5.09. The molecule has 2 rings (SSSR count). The summed E-state index contributed by atoms with van der Waals surface area (Å²) >= 11 is 0. The quantitative estimate of drug-likeness (QED) is 0.815. The van der Waals surface area contributed by atoms with E-state index in [9.17, 15) is 5.11 Å². The highest BCUT2D eigenvalue weighted by Crippen LogP contribution is 2.40. The van der Waals surface area contributed by atoms with Crippen molar-refractivity contribution < 1.29 is 5.11 Å². The fourth-order valence-corrected chi connectivity index (χ4v) is 3.40. The summed E-state index contributed by atoms with van der Waals surface area (Å²) in [6.45, 7) is 10.6. The molecule has 1 aliphatic rings. The van der Waals surface area contributed by atoms with E-state index < -0.39 is 0 Å². The topological polar surface area (TPSA) is 23.5 Å². The van der Waals surface area contributed by atoms with Crippen LogP contribution in [0.25, 0.3) is 0 Å². The molecule has 0 saturated carbocycles. The zero-order chi connectivity index (χ0) is 14.6. The highest BCUT2D eigenvalue weighted by molar-refractivity contribution is 5.33. The van der Waals surface area contributed by atoms with Crippen LogP contribution in [0.2, 0.25) is 0 Å². The molecule has 0 aromatic heterocycles. The number of benzene rings is 1.